The van der Waals surface area contributed by atoms with E-state index < -0.39 is 0 Å². The molecule has 14 heavy (non-hydrogen) atoms. The van der Waals surface area contributed by atoms with Gasteiger partial charge in [-0.15, -0.1) is 12.4 Å². The molecule has 0 heterocycles. The minimum absolute atomic E-state index is 0. The van der Waals surface area contributed by atoms with Crippen LogP contribution >= 0.6 is 12.4 Å². The van der Waals surface area contributed by atoms with Crippen LogP contribution in [0.4, 0.5) is 0 Å². The molecular weight excluding hydrogens is 194 g/mol. The first-order valence-corrected chi connectivity index (χ1v) is 5.78. The number of hydrogen-bond acceptors (Lipinski definition) is 1. The predicted octanol–water partition coefficient (Wildman–Crippen LogP) is 2.97. The molecule has 0 saturated heterocycles. The maximum Gasteiger partial charge on any atom is 0.0162 e. The van der Waals surface area contributed by atoms with E-state index in [4.69, 9.17) is 5.73 Å². The van der Waals surface area contributed by atoms with Crippen LogP contribution in [0, 0.1) is 23.2 Å². The van der Waals surface area contributed by atoms with E-state index in [2.05, 4.69) is 13.8 Å². The van der Waals surface area contributed by atoms with Crippen LogP contribution in [0.25, 0.3) is 0 Å². The summed E-state index contributed by atoms with van der Waals surface area (Å²) in [5.74, 6) is 2.85. The van der Waals surface area contributed by atoms with Crippen molar-refractivity contribution in [3.8, 4) is 0 Å². The number of halogens is 1. The normalized spacial score (nSPS) is 52.9. The number of rotatable bonds is 0. The Balaban J connectivity index is 0.000000750. The molecule has 82 valence electrons. The Hall–Kier alpha value is 0.250. The van der Waals surface area contributed by atoms with Crippen molar-refractivity contribution in [1.82, 2.24) is 0 Å². The highest BCUT2D eigenvalue weighted by Gasteiger charge is 2.56. The van der Waals surface area contributed by atoms with Gasteiger partial charge in [0.2, 0.25) is 0 Å². The van der Waals surface area contributed by atoms with Gasteiger partial charge in [0.05, 0.1) is 0 Å². The lowest BCUT2D eigenvalue weighted by Gasteiger charge is -2.62. The zero-order chi connectivity index (χ0) is 9.27. The Morgan fingerprint density at radius 1 is 1.00 bits per heavy atom. The summed E-state index contributed by atoms with van der Waals surface area (Å²) in [6, 6.07) is 0. The Morgan fingerprint density at radius 3 is 1.93 bits per heavy atom. The van der Waals surface area contributed by atoms with Crippen molar-refractivity contribution < 1.29 is 0 Å². The zero-order valence-electron chi connectivity index (χ0n) is 9.25. The molecule has 4 aliphatic carbocycles. The lowest BCUT2D eigenvalue weighted by molar-refractivity contribution is -0.0991. The molecule has 2 heteroatoms. The summed E-state index contributed by atoms with van der Waals surface area (Å²) in [7, 11) is 0. The zero-order valence-corrected chi connectivity index (χ0v) is 10.1. The van der Waals surface area contributed by atoms with Gasteiger partial charge in [0.15, 0.2) is 0 Å². The fraction of sp³-hybridized carbons (Fsp3) is 1.00. The van der Waals surface area contributed by atoms with Crippen molar-refractivity contribution in [1.29, 1.82) is 0 Å². The van der Waals surface area contributed by atoms with Gasteiger partial charge in [-0.1, -0.05) is 13.8 Å². The molecular formula is C12H22ClN. The van der Waals surface area contributed by atoms with Gasteiger partial charge < -0.3 is 5.73 Å². The quantitative estimate of drug-likeness (QED) is 0.661. The summed E-state index contributed by atoms with van der Waals surface area (Å²) in [6.45, 7) is 4.95. The summed E-state index contributed by atoms with van der Waals surface area (Å²) < 4.78 is 0. The fourth-order valence-corrected chi connectivity index (χ4v) is 4.51. The second-order valence-electron chi connectivity index (χ2n) is 6.53. The Labute approximate surface area is 93.2 Å². The van der Waals surface area contributed by atoms with Crippen molar-refractivity contribution in [2.45, 2.75) is 51.5 Å². The highest BCUT2D eigenvalue weighted by Crippen LogP contribution is 2.62. The van der Waals surface area contributed by atoms with Crippen molar-refractivity contribution in [3.05, 3.63) is 0 Å². The third kappa shape index (κ3) is 1.25. The van der Waals surface area contributed by atoms with Crippen LogP contribution in [0.2, 0.25) is 0 Å². The van der Waals surface area contributed by atoms with Gasteiger partial charge in [-0.25, -0.2) is 0 Å². The smallest absolute Gasteiger partial charge is 0.0162 e. The standard InChI is InChI=1S/C12H21N.ClH/c1-11(2)9-3-8-4-10(11)7-12(13,5-8)6-9;/h8-10H,3-7,13H2,1-2H3;1H. The molecule has 4 rings (SSSR count). The lowest BCUT2D eigenvalue weighted by Crippen LogP contribution is -2.61. The minimum Gasteiger partial charge on any atom is -0.325 e. The summed E-state index contributed by atoms with van der Waals surface area (Å²) in [5.41, 5.74) is 7.29. The maximum absolute atomic E-state index is 6.44. The van der Waals surface area contributed by atoms with Gasteiger partial charge >= 0.3 is 0 Å². The average molecular weight is 216 g/mol. The molecule has 2 unspecified atom stereocenters. The van der Waals surface area contributed by atoms with E-state index in [0.29, 0.717) is 5.41 Å². The third-order valence-electron chi connectivity index (χ3n) is 5.34. The third-order valence-corrected chi connectivity index (χ3v) is 5.34. The molecule has 4 saturated carbocycles. The molecule has 2 N–H and O–H groups in total. The van der Waals surface area contributed by atoms with Crippen LogP contribution in [0.5, 0.6) is 0 Å². The Morgan fingerprint density at radius 2 is 1.50 bits per heavy atom. The monoisotopic (exact) mass is 215 g/mol. The summed E-state index contributed by atoms with van der Waals surface area (Å²) in [6.07, 6.45) is 6.90. The molecule has 1 nitrogen and oxygen atoms in total. The van der Waals surface area contributed by atoms with Gasteiger partial charge in [0.1, 0.15) is 0 Å². The van der Waals surface area contributed by atoms with Crippen LogP contribution < -0.4 is 5.73 Å². The van der Waals surface area contributed by atoms with Gasteiger partial charge in [0, 0.05) is 5.54 Å². The van der Waals surface area contributed by atoms with Crippen LogP contribution in [0.15, 0.2) is 0 Å². The van der Waals surface area contributed by atoms with E-state index in [1.165, 1.54) is 32.1 Å². The summed E-state index contributed by atoms with van der Waals surface area (Å²) in [5, 5.41) is 0. The molecule has 0 amide bonds. The van der Waals surface area contributed by atoms with E-state index in [0.717, 1.165) is 17.8 Å². The van der Waals surface area contributed by atoms with E-state index in [9.17, 15) is 0 Å². The molecule has 2 atom stereocenters. The fourth-order valence-electron chi connectivity index (χ4n) is 4.51. The van der Waals surface area contributed by atoms with Gasteiger partial charge in [-0.3, -0.25) is 0 Å². The van der Waals surface area contributed by atoms with E-state index in [-0.39, 0.29) is 17.9 Å². The second kappa shape index (κ2) is 2.89. The first-order valence-electron chi connectivity index (χ1n) is 5.78. The first-order chi connectivity index (χ1) is 6.00. The molecule has 4 bridgehead atoms. The highest BCUT2D eigenvalue weighted by molar-refractivity contribution is 5.85. The lowest BCUT2D eigenvalue weighted by atomic mass is 9.44. The van der Waals surface area contributed by atoms with E-state index >= 15 is 0 Å². The Kier molecular flexibility index (Phi) is 2.22. The number of nitrogens with two attached hydrogens (primary N) is 1. The van der Waals surface area contributed by atoms with Crippen molar-refractivity contribution >= 4 is 12.4 Å². The SMILES string of the molecule is CC1(C)C2CC3CC1CC(N)(C3)C2.Cl. The van der Waals surface area contributed by atoms with Gasteiger partial charge in [-0.2, -0.15) is 0 Å². The van der Waals surface area contributed by atoms with Crippen LogP contribution in [0.3, 0.4) is 0 Å². The Bertz CT molecular complexity index is 231. The molecule has 0 aromatic rings. The molecule has 0 aliphatic heterocycles. The topological polar surface area (TPSA) is 26.0 Å². The van der Waals surface area contributed by atoms with Gasteiger partial charge in [0.25, 0.3) is 0 Å². The average Bonchev–Trinajstić information content (AvgIpc) is 1.97. The molecule has 0 radical (unpaired) electrons. The largest absolute Gasteiger partial charge is 0.325 e. The molecule has 0 spiro atoms. The van der Waals surface area contributed by atoms with Crippen LogP contribution in [-0.2, 0) is 0 Å². The first kappa shape index (κ1) is 10.8. The molecule has 4 aliphatic rings. The van der Waals surface area contributed by atoms with E-state index in [1.807, 2.05) is 0 Å². The van der Waals surface area contributed by atoms with Crippen molar-refractivity contribution in [2.75, 3.05) is 0 Å². The minimum atomic E-state index is 0. The van der Waals surface area contributed by atoms with Crippen molar-refractivity contribution in [2.24, 2.45) is 28.9 Å². The maximum atomic E-state index is 6.44. The molecule has 0 aromatic heterocycles. The summed E-state index contributed by atoms with van der Waals surface area (Å²) in [4.78, 5) is 0. The van der Waals surface area contributed by atoms with Gasteiger partial charge in [-0.05, 0) is 55.3 Å². The van der Waals surface area contributed by atoms with Crippen LogP contribution in [-0.4, -0.2) is 5.54 Å². The second-order valence-corrected chi connectivity index (χ2v) is 6.53. The van der Waals surface area contributed by atoms with Crippen LogP contribution in [0.1, 0.15) is 46.0 Å². The summed E-state index contributed by atoms with van der Waals surface area (Å²) >= 11 is 0. The molecule has 0 aromatic carbocycles. The predicted molar refractivity (Wildman–Crippen MR) is 61.5 cm³/mol. The number of hydrogen-bond donors (Lipinski definition) is 1. The van der Waals surface area contributed by atoms with E-state index in [1.54, 1.807) is 0 Å². The molecule has 4 fully saturated rings. The van der Waals surface area contributed by atoms with Crippen molar-refractivity contribution in [3.63, 3.8) is 0 Å². The highest BCUT2D eigenvalue weighted by atomic mass is 35.5.